The molecular weight excluding hydrogens is 196 g/mol. The normalized spacial score (nSPS) is 12.9. The fourth-order valence-corrected chi connectivity index (χ4v) is 0.995. The van der Waals surface area contributed by atoms with Gasteiger partial charge >= 0.3 is 0 Å². The molecule has 0 aromatic carbocycles. The van der Waals surface area contributed by atoms with E-state index in [0.29, 0.717) is 19.1 Å². The topological polar surface area (TPSA) is 70.6 Å². The van der Waals surface area contributed by atoms with Gasteiger partial charge < -0.3 is 20.5 Å². The van der Waals surface area contributed by atoms with E-state index in [1.54, 1.807) is 7.11 Å². The number of rotatable bonds is 8. The molecule has 0 saturated heterocycles. The van der Waals surface area contributed by atoms with Crippen LogP contribution in [0.25, 0.3) is 0 Å². The van der Waals surface area contributed by atoms with E-state index >= 15 is 0 Å². The maximum absolute atomic E-state index is 11.3. The SMILES string of the molecule is COCC(CO)NCC(=O)NCC(C)C. The smallest absolute Gasteiger partial charge is 0.233 e. The Morgan fingerprint density at radius 1 is 1.47 bits per heavy atom. The largest absolute Gasteiger partial charge is 0.395 e. The number of carbonyl (C=O) groups excluding carboxylic acids is 1. The number of carbonyl (C=O) groups is 1. The Kier molecular flexibility index (Phi) is 8.27. The molecule has 0 aliphatic carbocycles. The summed E-state index contributed by atoms with van der Waals surface area (Å²) in [4.78, 5) is 11.3. The Bertz CT molecular complexity index is 174. The molecule has 0 bridgehead atoms. The van der Waals surface area contributed by atoms with Crippen molar-refractivity contribution < 1.29 is 14.6 Å². The minimum atomic E-state index is -0.181. The molecule has 0 aromatic rings. The molecular formula is C10H22N2O3. The number of nitrogens with one attached hydrogen (secondary N) is 2. The van der Waals surface area contributed by atoms with Crippen LogP contribution in [0.3, 0.4) is 0 Å². The molecule has 5 heteroatoms. The van der Waals surface area contributed by atoms with Crippen molar-refractivity contribution in [1.29, 1.82) is 0 Å². The molecule has 1 atom stereocenters. The Labute approximate surface area is 91.2 Å². The predicted octanol–water partition coefficient (Wildman–Crippen LogP) is -0.644. The zero-order valence-electron chi connectivity index (χ0n) is 9.75. The van der Waals surface area contributed by atoms with Crippen LogP contribution in [0, 0.1) is 5.92 Å². The van der Waals surface area contributed by atoms with E-state index in [1.165, 1.54) is 0 Å². The molecule has 90 valence electrons. The summed E-state index contributed by atoms with van der Waals surface area (Å²) < 4.78 is 4.87. The molecule has 0 aliphatic rings. The zero-order chi connectivity index (χ0) is 11.7. The highest BCUT2D eigenvalue weighted by Crippen LogP contribution is 1.87. The number of hydrogen-bond acceptors (Lipinski definition) is 4. The van der Waals surface area contributed by atoms with Crippen LogP contribution in [-0.2, 0) is 9.53 Å². The van der Waals surface area contributed by atoms with Crippen molar-refractivity contribution in [3.8, 4) is 0 Å². The third-order valence-electron chi connectivity index (χ3n) is 1.85. The van der Waals surface area contributed by atoms with Crippen molar-refractivity contribution >= 4 is 5.91 Å². The van der Waals surface area contributed by atoms with Gasteiger partial charge in [-0.05, 0) is 5.92 Å². The second kappa shape index (κ2) is 8.64. The molecule has 1 amide bonds. The first-order chi connectivity index (χ1) is 7.10. The molecule has 0 saturated carbocycles. The summed E-state index contributed by atoms with van der Waals surface area (Å²) in [5.74, 6) is 0.389. The van der Waals surface area contributed by atoms with Crippen LogP contribution in [0.1, 0.15) is 13.8 Å². The Morgan fingerprint density at radius 2 is 2.13 bits per heavy atom. The molecule has 0 radical (unpaired) electrons. The van der Waals surface area contributed by atoms with Crippen LogP contribution in [0.5, 0.6) is 0 Å². The number of hydrogen-bond donors (Lipinski definition) is 3. The quantitative estimate of drug-likeness (QED) is 0.506. The monoisotopic (exact) mass is 218 g/mol. The fourth-order valence-electron chi connectivity index (χ4n) is 0.995. The molecule has 0 fully saturated rings. The van der Waals surface area contributed by atoms with Gasteiger partial charge in [0.05, 0.1) is 25.8 Å². The Morgan fingerprint density at radius 3 is 2.60 bits per heavy atom. The van der Waals surface area contributed by atoms with Crippen LogP contribution < -0.4 is 10.6 Å². The van der Waals surface area contributed by atoms with Crippen LogP contribution in [0.15, 0.2) is 0 Å². The van der Waals surface area contributed by atoms with Crippen LogP contribution in [0.2, 0.25) is 0 Å². The highest BCUT2D eigenvalue weighted by Gasteiger charge is 2.08. The molecule has 0 rings (SSSR count). The summed E-state index contributed by atoms with van der Waals surface area (Å²) in [5, 5.41) is 14.6. The lowest BCUT2D eigenvalue weighted by molar-refractivity contribution is -0.120. The van der Waals surface area contributed by atoms with Gasteiger partial charge in [0, 0.05) is 13.7 Å². The number of aliphatic hydroxyl groups is 1. The van der Waals surface area contributed by atoms with Crippen molar-refractivity contribution in [2.24, 2.45) is 5.92 Å². The van der Waals surface area contributed by atoms with Gasteiger partial charge in [-0.25, -0.2) is 0 Å². The lowest BCUT2D eigenvalue weighted by atomic mass is 10.2. The summed E-state index contributed by atoms with van der Waals surface area (Å²) in [5.41, 5.74) is 0. The fraction of sp³-hybridized carbons (Fsp3) is 0.900. The van der Waals surface area contributed by atoms with Gasteiger partial charge in [-0.1, -0.05) is 13.8 Å². The van der Waals surface area contributed by atoms with Gasteiger partial charge in [0.15, 0.2) is 0 Å². The van der Waals surface area contributed by atoms with Crippen LogP contribution in [0.4, 0.5) is 0 Å². The highest BCUT2D eigenvalue weighted by atomic mass is 16.5. The van der Waals surface area contributed by atoms with Gasteiger partial charge in [-0.3, -0.25) is 4.79 Å². The minimum Gasteiger partial charge on any atom is -0.395 e. The first-order valence-corrected chi connectivity index (χ1v) is 5.20. The van der Waals surface area contributed by atoms with E-state index in [-0.39, 0.29) is 25.1 Å². The number of methoxy groups -OCH3 is 1. The first-order valence-electron chi connectivity index (χ1n) is 5.20. The third kappa shape index (κ3) is 8.35. The Hall–Kier alpha value is -0.650. The van der Waals surface area contributed by atoms with Crippen molar-refractivity contribution in [3.63, 3.8) is 0 Å². The van der Waals surface area contributed by atoms with E-state index in [9.17, 15) is 4.79 Å². The van der Waals surface area contributed by atoms with E-state index in [0.717, 1.165) is 0 Å². The molecule has 15 heavy (non-hydrogen) atoms. The summed E-state index contributed by atoms with van der Waals surface area (Å²) in [6, 6.07) is -0.181. The molecule has 0 aliphatic heterocycles. The van der Waals surface area contributed by atoms with Crippen molar-refractivity contribution in [2.75, 3.05) is 33.4 Å². The van der Waals surface area contributed by atoms with Gasteiger partial charge in [-0.15, -0.1) is 0 Å². The third-order valence-corrected chi connectivity index (χ3v) is 1.85. The summed E-state index contributed by atoms with van der Waals surface area (Å²) in [7, 11) is 1.56. The second-order valence-electron chi connectivity index (χ2n) is 3.91. The number of ether oxygens (including phenoxy) is 1. The van der Waals surface area contributed by atoms with E-state index in [1.807, 2.05) is 13.8 Å². The Balaban J connectivity index is 3.59. The van der Waals surface area contributed by atoms with Crippen LogP contribution >= 0.6 is 0 Å². The standard InChI is InChI=1S/C10H22N2O3/c1-8(2)4-12-10(14)5-11-9(6-13)7-15-3/h8-9,11,13H,4-7H2,1-3H3,(H,12,14). The maximum atomic E-state index is 11.3. The first kappa shape index (κ1) is 14.3. The minimum absolute atomic E-state index is 0.0364. The van der Waals surface area contributed by atoms with Crippen molar-refractivity contribution in [3.05, 3.63) is 0 Å². The number of aliphatic hydroxyl groups excluding tert-OH is 1. The molecule has 5 nitrogen and oxygen atoms in total. The highest BCUT2D eigenvalue weighted by molar-refractivity contribution is 5.77. The predicted molar refractivity (Wildman–Crippen MR) is 58.6 cm³/mol. The van der Waals surface area contributed by atoms with Gasteiger partial charge in [0.25, 0.3) is 0 Å². The average molecular weight is 218 g/mol. The van der Waals surface area contributed by atoms with E-state index < -0.39 is 0 Å². The van der Waals surface area contributed by atoms with Crippen molar-refractivity contribution in [1.82, 2.24) is 10.6 Å². The van der Waals surface area contributed by atoms with Crippen molar-refractivity contribution in [2.45, 2.75) is 19.9 Å². The van der Waals surface area contributed by atoms with E-state index in [2.05, 4.69) is 10.6 Å². The number of amides is 1. The summed E-state index contributed by atoms with van der Waals surface area (Å²) in [6.45, 7) is 5.32. The maximum Gasteiger partial charge on any atom is 0.233 e. The average Bonchev–Trinajstić information content (AvgIpc) is 2.21. The van der Waals surface area contributed by atoms with Gasteiger partial charge in [-0.2, -0.15) is 0 Å². The lowest BCUT2D eigenvalue weighted by Crippen LogP contribution is -2.43. The second-order valence-corrected chi connectivity index (χ2v) is 3.91. The van der Waals surface area contributed by atoms with Crippen LogP contribution in [-0.4, -0.2) is 50.5 Å². The summed E-state index contributed by atoms with van der Waals surface area (Å²) >= 11 is 0. The summed E-state index contributed by atoms with van der Waals surface area (Å²) in [6.07, 6.45) is 0. The molecule has 1 unspecified atom stereocenters. The zero-order valence-corrected chi connectivity index (χ0v) is 9.75. The molecule has 0 aromatic heterocycles. The molecule has 3 N–H and O–H groups in total. The molecule has 0 heterocycles. The molecule has 0 spiro atoms. The lowest BCUT2D eigenvalue weighted by Gasteiger charge is -2.15. The van der Waals surface area contributed by atoms with Gasteiger partial charge in [0.2, 0.25) is 5.91 Å². The van der Waals surface area contributed by atoms with Gasteiger partial charge in [0.1, 0.15) is 0 Å². The van der Waals surface area contributed by atoms with E-state index in [4.69, 9.17) is 9.84 Å².